The molecular weight excluding hydrogens is 582 g/mol. The maximum Gasteiger partial charge on any atom is 0.330 e. The van der Waals surface area contributed by atoms with Crippen LogP contribution in [0.2, 0.25) is 0 Å². The molecule has 46 heavy (non-hydrogen) atoms. The molecule has 1 saturated heterocycles. The van der Waals surface area contributed by atoms with E-state index < -0.39 is 29.7 Å². The Hall–Kier alpha value is -4.59. The number of nitrogens with zero attached hydrogens (tertiary/aromatic N) is 1. The number of ether oxygens (including phenoxy) is 4. The van der Waals surface area contributed by atoms with Crippen molar-refractivity contribution in [1.29, 1.82) is 0 Å². The van der Waals surface area contributed by atoms with Crippen molar-refractivity contribution in [3.05, 3.63) is 115 Å². The van der Waals surface area contributed by atoms with Crippen LogP contribution in [0.25, 0.3) is 0 Å². The number of carbonyl (C=O) groups excluding carboxylic acids is 3. The van der Waals surface area contributed by atoms with Crippen LogP contribution in [-0.2, 0) is 34.1 Å². The molecule has 8 heteroatoms. The number of carbonyl (C=O) groups is 3. The molecule has 0 saturated carbocycles. The quantitative estimate of drug-likeness (QED) is 0.176. The first-order valence-corrected chi connectivity index (χ1v) is 16.1. The van der Waals surface area contributed by atoms with Crippen molar-refractivity contribution in [2.75, 3.05) is 13.2 Å². The first-order chi connectivity index (χ1) is 22.3. The van der Waals surface area contributed by atoms with Gasteiger partial charge in [0.15, 0.2) is 0 Å². The Morgan fingerprint density at radius 3 is 2.28 bits per heavy atom. The van der Waals surface area contributed by atoms with Crippen LogP contribution >= 0.6 is 0 Å². The lowest BCUT2D eigenvalue weighted by Crippen LogP contribution is -2.49. The minimum Gasteiger partial charge on any atom is -0.490 e. The van der Waals surface area contributed by atoms with Gasteiger partial charge in [-0.3, -0.25) is 4.79 Å². The van der Waals surface area contributed by atoms with E-state index >= 15 is 0 Å². The number of fused-ring (bicyclic) bond motifs is 1. The molecule has 1 aliphatic heterocycles. The molecule has 0 bridgehead atoms. The molecule has 1 amide bonds. The highest BCUT2D eigenvalue weighted by atomic mass is 16.6. The topological polar surface area (TPSA) is 91.4 Å². The predicted molar refractivity (Wildman–Crippen MR) is 175 cm³/mol. The highest BCUT2D eigenvalue weighted by Gasteiger charge is 2.59. The van der Waals surface area contributed by atoms with Gasteiger partial charge in [-0.1, -0.05) is 55.7 Å². The summed E-state index contributed by atoms with van der Waals surface area (Å²) in [6.45, 7) is 10.8. The number of amides is 1. The summed E-state index contributed by atoms with van der Waals surface area (Å²) in [7, 11) is 0. The standard InChI is InChI=1S/C38H43NO7/c1-5-35(40)45-26(3)24-43-31-20-16-28(17-21-31)38(29-18-22-32(23-19-29)44-25-27(4)46-36(41)6-2)34-15-11-10-14-33(34)37(42)39(38)30-12-8-7-9-13-30/h5-6,10-12,15-18,20-23,26-27,29,33H,1-2,7-9,13-14,19,24-25H2,3-4H3. The molecule has 1 aromatic rings. The molecule has 0 radical (unpaired) electrons. The first-order valence-electron chi connectivity index (χ1n) is 16.1. The molecule has 5 rings (SSSR count). The van der Waals surface area contributed by atoms with Crippen molar-refractivity contribution in [3.63, 3.8) is 0 Å². The largest absolute Gasteiger partial charge is 0.490 e. The highest BCUT2D eigenvalue weighted by Crippen LogP contribution is 2.57. The predicted octanol–water partition coefficient (Wildman–Crippen LogP) is 6.78. The lowest BCUT2D eigenvalue weighted by Gasteiger charge is -2.47. The van der Waals surface area contributed by atoms with Gasteiger partial charge in [0.1, 0.15) is 42.5 Å². The van der Waals surface area contributed by atoms with Gasteiger partial charge in [0.25, 0.3) is 0 Å². The number of esters is 2. The number of hydrogen-bond acceptors (Lipinski definition) is 7. The summed E-state index contributed by atoms with van der Waals surface area (Å²) in [6.07, 6.45) is 21.4. The van der Waals surface area contributed by atoms with Gasteiger partial charge >= 0.3 is 11.9 Å². The Morgan fingerprint density at radius 1 is 0.978 bits per heavy atom. The van der Waals surface area contributed by atoms with Gasteiger partial charge in [-0.05, 0) is 87.8 Å². The van der Waals surface area contributed by atoms with Gasteiger partial charge in [-0.2, -0.15) is 0 Å². The van der Waals surface area contributed by atoms with Crippen molar-refractivity contribution in [1.82, 2.24) is 4.90 Å². The van der Waals surface area contributed by atoms with Crippen molar-refractivity contribution >= 4 is 17.8 Å². The van der Waals surface area contributed by atoms with E-state index in [1.807, 2.05) is 18.2 Å². The van der Waals surface area contributed by atoms with Gasteiger partial charge in [0.2, 0.25) is 5.91 Å². The lowest BCUT2D eigenvalue weighted by molar-refractivity contribution is -0.144. The van der Waals surface area contributed by atoms with Gasteiger partial charge in [0, 0.05) is 23.8 Å². The van der Waals surface area contributed by atoms with Crippen molar-refractivity contribution in [3.8, 4) is 5.75 Å². The summed E-state index contributed by atoms with van der Waals surface area (Å²) < 4.78 is 22.4. The van der Waals surface area contributed by atoms with E-state index in [4.69, 9.17) is 18.9 Å². The molecule has 0 spiro atoms. The highest BCUT2D eigenvalue weighted by molar-refractivity contribution is 5.91. The van der Waals surface area contributed by atoms with E-state index in [0.29, 0.717) is 24.4 Å². The number of hydrogen-bond donors (Lipinski definition) is 0. The average molecular weight is 626 g/mol. The number of rotatable bonds is 13. The molecular formula is C38H43NO7. The number of likely N-dealkylation sites (tertiary alicyclic amines) is 1. The summed E-state index contributed by atoms with van der Waals surface area (Å²) in [5, 5.41) is 0. The molecule has 0 aromatic heterocycles. The summed E-state index contributed by atoms with van der Waals surface area (Å²) >= 11 is 0. The lowest BCUT2D eigenvalue weighted by atomic mass is 9.67. The fraction of sp³-hybridized carbons (Fsp3) is 0.395. The van der Waals surface area contributed by atoms with Crippen LogP contribution in [0.3, 0.4) is 0 Å². The van der Waals surface area contributed by atoms with Crippen LogP contribution in [0.1, 0.15) is 57.9 Å². The minimum atomic E-state index is -0.744. The molecule has 3 aliphatic carbocycles. The van der Waals surface area contributed by atoms with Gasteiger partial charge in [-0.15, -0.1) is 0 Å². The Bertz CT molecular complexity index is 1500. The third-order valence-corrected chi connectivity index (χ3v) is 8.86. The van der Waals surface area contributed by atoms with Crippen LogP contribution in [0.15, 0.2) is 109 Å². The second-order valence-corrected chi connectivity index (χ2v) is 12.1. The zero-order chi connectivity index (χ0) is 32.7. The molecule has 8 nitrogen and oxygen atoms in total. The molecule has 1 fully saturated rings. The molecule has 4 aliphatic rings. The van der Waals surface area contributed by atoms with E-state index in [0.717, 1.165) is 54.7 Å². The third kappa shape index (κ3) is 6.81. The Morgan fingerprint density at radius 2 is 1.67 bits per heavy atom. The molecule has 5 atom stereocenters. The summed E-state index contributed by atoms with van der Waals surface area (Å²) in [4.78, 5) is 39.7. The number of allylic oxidation sites excluding steroid dienone is 7. The second-order valence-electron chi connectivity index (χ2n) is 12.1. The molecule has 5 unspecified atom stereocenters. The van der Waals surface area contributed by atoms with E-state index in [2.05, 4.69) is 66.6 Å². The van der Waals surface area contributed by atoms with Gasteiger partial charge < -0.3 is 23.8 Å². The van der Waals surface area contributed by atoms with Crippen LogP contribution < -0.4 is 4.74 Å². The average Bonchev–Trinajstić information content (AvgIpc) is 3.36. The van der Waals surface area contributed by atoms with Crippen molar-refractivity contribution in [2.24, 2.45) is 11.8 Å². The molecule has 1 heterocycles. The first kappa shape index (κ1) is 32.8. The molecule has 1 aromatic carbocycles. The van der Waals surface area contributed by atoms with Crippen LogP contribution in [0.4, 0.5) is 0 Å². The second kappa shape index (κ2) is 14.7. The van der Waals surface area contributed by atoms with E-state index in [-0.39, 0.29) is 31.0 Å². The number of benzene rings is 1. The van der Waals surface area contributed by atoms with Crippen molar-refractivity contribution < 1.29 is 33.3 Å². The fourth-order valence-corrected chi connectivity index (χ4v) is 6.81. The van der Waals surface area contributed by atoms with E-state index in [1.54, 1.807) is 13.8 Å². The Labute approximate surface area is 271 Å². The van der Waals surface area contributed by atoms with Gasteiger partial charge in [-0.25, -0.2) is 9.59 Å². The van der Waals surface area contributed by atoms with E-state index in [1.165, 1.54) is 0 Å². The van der Waals surface area contributed by atoms with E-state index in [9.17, 15) is 14.4 Å². The molecule has 242 valence electrons. The normalized spacial score (nSPS) is 24.9. The summed E-state index contributed by atoms with van der Waals surface area (Å²) in [5.74, 6) is 0.192. The SMILES string of the molecule is C=CC(=O)OC(C)COC1=CCC(C2(c3ccc(OCC(C)OC(=O)C=C)cc3)C3=CC=CCC3C(=O)N2C2=CCCCC2)C=C1. The molecule has 0 N–H and O–H groups in total. The van der Waals surface area contributed by atoms with Crippen molar-refractivity contribution in [2.45, 2.75) is 70.1 Å². The summed E-state index contributed by atoms with van der Waals surface area (Å²) in [6, 6.07) is 7.96. The maximum absolute atomic E-state index is 14.4. The zero-order valence-electron chi connectivity index (χ0n) is 26.7. The maximum atomic E-state index is 14.4. The van der Waals surface area contributed by atoms with Crippen LogP contribution in [0, 0.1) is 11.8 Å². The third-order valence-electron chi connectivity index (χ3n) is 8.86. The van der Waals surface area contributed by atoms with Crippen LogP contribution in [0.5, 0.6) is 5.75 Å². The summed E-state index contributed by atoms with van der Waals surface area (Å²) in [5.41, 5.74) is 2.45. The smallest absolute Gasteiger partial charge is 0.330 e. The Balaban J connectivity index is 1.47. The zero-order valence-corrected chi connectivity index (χ0v) is 26.7. The Kier molecular flexibility index (Phi) is 10.5. The van der Waals surface area contributed by atoms with Crippen LogP contribution in [-0.4, -0.2) is 48.2 Å². The minimum absolute atomic E-state index is 0.0736. The fourth-order valence-electron chi connectivity index (χ4n) is 6.81. The van der Waals surface area contributed by atoms with Gasteiger partial charge in [0.05, 0.1) is 5.92 Å². The monoisotopic (exact) mass is 625 g/mol.